The molecule has 0 bridgehead atoms. The molecule has 0 amide bonds. The van der Waals surface area contributed by atoms with Gasteiger partial charge in [-0.25, -0.2) is 0 Å². The molecule has 0 aromatic heterocycles. The van der Waals surface area contributed by atoms with Crippen LogP contribution in [0.4, 0.5) is 0 Å². The van der Waals surface area contributed by atoms with Gasteiger partial charge in [0, 0.05) is 6.04 Å². The van der Waals surface area contributed by atoms with Gasteiger partial charge in [-0.05, 0) is 37.9 Å². The smallest absolute Gasteiger partial charge is 0.119 e. The minimum atomic E-state index is 0.601. The highest BCUT2D eigenvalue weighted by Crippen LogP contribution is 2.10. The van der Waals surface area contributed by atoms with Gasteiger partial charge in [0.05, 0.1) is 6.61 Å². The molecule has 1 N–H and O–H groups in total. The number of hydrogen-bond donors (Lipinski definition) is 1. The van der Waals surface area contributed by atoms with Crippen molar-refractivity contribution in [3.8, 4) is 5.75 Å². The Balaban J connectivity index is 2.22. The predicted molar refractivity (Wildman–Crippen MR) is 73.5 cm³/mol. The van der Waals surface area contributed by atoms with Crippen molar-refractivity contribution in [2.24, 2.45) is 0 Å². The molecule has 1 unspecified atom stereocenters. The zero-order valence-corrected chi connectivity index (χ0v) is 11.1. The fourth-order valence-electron chi connectivity index (χ4n) is 1.88. The summed E-state index contributed by atoms with van der Waals surface area (Å²) in [4.78, 5) is 0. The molecule has 0 aliphatic heterocycles. The van der Waals surface area contributed by atoms with Crippen molar-refractivity contribution in [1.82, 2.24) is 5.32 Å². The fourth-order valence-corrected chi connectivity index (χ4v) is 1.88. The lowest BCUT2D eigenvalue weighted by atomic mass is 10.1. The van der Waals surface area contributed by atoms with Crippen molar-refractivity contribution >= 4 is 0 Å². The molecule has 17 heavy (non-hydrogen) atoms. The van der Waals surface area contributed by atoms with Crippen molar-refractivity contribution in [2.45, 2.75) is 45.6 Å². The third-order valence-corrected chi connectivity index (χ3v) is 2.80. The van der Waals surface area contributed by atoms with Crippen LogP contribution in [0, 0.1) is 0 Å². The number of ether oxygens (including phenoxy) is 1. The average Bonchev–Trinajstić information content (AvgIpc) is 2.37. The van der Waals surface area contributed by atoms with Crippen LogP contribution in [0.5, 0.6) is 5.75 Å². The van der Waals surface area contributed by atoms with Crippen molar-refractivity contribution < 1.29 is 4.74 Å². The second-order valence-electron chi connectivity index (χ2n) is 4.39. The Labute approximate surface area is 105 Å². The van der Waals surface area contributed by atoms with E-state index < -0.39 is 0 Å². The van der Waals surface area contributed by atoms with Gasteiger partial charge in [-0.3, -0.25) is 0 Å². The Bertz CT molecular complexity index is 274. The zero-order valence-electron chi connectivity index (χ0n) is 11.1. The molecule has 0 aliphatic carbocycles. The second-order valence-corrected chi connectivity index (χ2v) is 4.39. The molecule has 2 nitrogen and oxygen atoms in total. The molecule has 1 aromatic rings. The van der Waals surface area contributed by atoms with Crippen molar-refractivity contribution in [2.75, 3.05) is 13.2 Å². The molecule has 96 valence electrons. The van der Waals surface area contributed by atoms with E-state index in [-0.39, 0.29) is 0 Å². The maximum atomic E-state index is 5.72. The topological polar surface area (TPSA) is 21.3 Å². The third kappa shape index (κ3) is 6.32. The summed E-state index contributed by atoms with van der Waals surface area (Å²) >= 11 is 0. The van der Waals surface area contributed by atoms with E-state index in [2.05, 4.69) is 19.2 Å². The SMILES string of the molecule is CCCNC(CCC)CCOc1ccccc1. The number of hydrogen-bond acceptors (Lipinski definition) is 2. The first-order chi connectivity index (χ1) is 8.36. The molecule has 0 fully saturated rings. The van der Waals surface area contributed by atoms with Crippen LogP contribution in [0.2, 0.25) is 0 Å². The lowest BCUT2D eigenvalue weighted by Gasteiger charge is -2.17. The monoisotopic (exact) mass is 235 g/mol. The van der Waals surface area contributed by atoms with Crippen LogP contribution in [-0.2, 0) is 0 Å². The second kappa shape index (κ2) is 9.06. The van der Waals surface area contributed by atoms with Gasteiger partial charge in [-0.15, -0.1) is 0 Å². The van der Waals surface area contributed by atoms with Gasteiger partial charge in [0.1, 0.15) is 5.75 Å². The highest BCUT2D eigenvalue weighted by atomic mass is 16.5. The molecule has 2 heteroatoms. The maximum absolute atomic E-state index is 5.72. The van der Waals surface area contributed by atoms with E-state index in [4.69, 9.17) is 4.74 Å². The molecule has 1 aromatic carbocycles. The van der Waals surface area contributed by atoms with Gasteiger partial charge in [0.15, 0.2) is 0 Å². The summed E-state index contributed by atoms with van der Waals surface area (Å²) in [6, 6.07) is 10.6. The van der Waals surface area contributed by atoms with Gasteiger partial charge >= 0.3 is 0 Å². The van der Waals surface area contributed by atoms with Gasteiger partial charge in [0.25, 0.3) is 0 Å². The van der Waals surface area contributed by atoms with Crippen LogP contribution in [0.25, 0.3) is 0 Å². The largest absolute Gasteiger partial charge is 0.494 e. The summed E-state index contributed by atoms with van der Waals surface area (Å²) in [7, 11) is 0. The highest BCUT2D eigenvalue weighted by Gasteiger charge is 2.06. The van der Waals surface area contributed by atoms with Gasteiger partial charge in [-0.1, -0.05) is 38.5 Å². The van der Waals surface area contributed by atoms with Crippen LogP contribution >= 0.6 is 0 Å². The van der Waals surface area contributed by atoms with Crippen molar-refractivity contribution in [3.05, 3.63) is 30.3 Å². The van der Waals surface area contributed by atoms with Crippen LogP contribution < -0.4 is 10.1 Å². The highest BCUT2D eigenvalue weighted by molar-refractivity contribution is 5.20. The normalized spacial score (nSPS) is 12.4. The first-order valence-corrected chi connectivity index (χ1v) is 6.78. The van der Waals surface area contributed by atoms with E-state index in [1.165, 1.54) is 19.3 Å². The minimum absolute atomic E-state index is 0.601. The molecule has 0 saturated heterocycles. The lowest BCUT2D eigenvalue weighted by molar-refractivity contribution is 0.280. The van der Waals surface area contributed by atoms with Gasteiger partial charge in [-0.2, -0.15) is 0 Å². The molecule has 0 aliphatic rings. The van der Waals surface area contributed by atoms with E-state index in [0.29, 0.717) is 6.04 Å². The number of para-hydroxylation sites is 1. The Morgan fingerprint density at radius 1 is 1.06 bits per heavy atom. The van der Waals surface area contributed by atoms with Crippen LogP contribution in [0.1, 0.15) is 39.5 Å². The molecular formula is C15H25NO. The van der Waals surface area contributed by atoms with Crippen LogP contribution in [0.3, 0.4) is 0 Å². The lowest BCUT2D eigenvalue weighted by Crippen LogP contribution is -2.31. The van der Waals surface area contributed by atoms with E-state index in [1.807, 2.05) is 30.3 Å². The van der Waals surface area contributed by atoms with E-state index in [9.17, 15) is 0 Å². The average molecular weight is 235 g/mol. The molecular weight excluding hydrogens is 210 g/mol. The van der Waals surface area contributed by atoms with E-state index in [1.54, 1.807) is 0 Å². The van der Waals surface area contributed by atoms with Crippen LogP contribution in [0.15, 0.2) is 30.3 Å². The summed E-state index contributed by atoms with van der Waals surface area (Å²) in [6.45, 7) is 6.34. The van der Waals surface area contributed by atoms with Gasteiger partial charge in [0.2, 0.25) is 0 Å². The summed E-state index contributed by atoms with van der Waals surface area (Å²) in [5.74, 6) is 0.971. The van der Waals surface area contributed by atoms with Crippen molar-refractivity contribution in [1.29, 1.82) is 0 Å². The standard InChI is InChI=1S/C15H25NO/c1-3-8-14(16-12-4-2)11-13-17-15-9-6-5-7-10-15/h5-7,9-10,14,16H,3-4,8,11-13H2,1-2H3. The molecule has 1 atom stereocenters. The molecule has 0 saturated carbocycles. The molecule has 0 heterocycles. The Kier molecular flexibility index (Phi) is 7.48. The molecule has 0 spiro atoms. The Hall–Kier alpha value is -1.02. The summed E-state index contributed by atoms with van der Waals surface area (Å²) in [5.41, 5.74) is 0. The van der Waals surface area contributed by atoms with Crippen LogP contribution in [-0.4, -0.2) is 19.2 Å². The minimum Gasteiger partial charge on any atom is -0.494 e. The fraction of sp³-hybridized carbons (Fsp3) is 0.600. The Morgan fingerprint density at radius 3 is 2.47 bits per heavy atom. The maximum Gasteiger partial charge on any atom is 0.119 e. The van der Waals surface area contributed by atoms with Crippen molar-refractivity contribution in [3.63, 3.8) is 0 Å². The first kappa shape index (κ1) is 14.0. The summed E-state index contributed by atoms with van der Waals surface area (Å²) < 4.78 is 5.72. The zero-order chi connectivity index (χ0) is 12.3. The predicted octanol–water partition coefficient (Wildman–Crippen LogP) is 3.62. The number of nitrogens with one attached hydrogen (secondary N) is 1. The Morgan fingerprint density at radius 2 is 1.82 bits per heavy atom. The van der Waals surface area contributed by atoms with E-state index >= 15 is 0 Å². The van der Waals surface area contributed by atoms with E-state index in [0.717, 1.165) is 25.3 Å². The quantitative estimate of drug-likeness (QED) is 0.706. The third-order valence-electron chi connectivity index (χ3n) is 2.80. The number of benzene rings is 1. The summed E-state index contributed by atoms with van der Waals surface area (Å²) in [5, 5.41) is 3.58. The summed E-state index contributed by atoms with van der Waals surface area (Å²) in [6.07, 6.45) is 4.74. The molecule has 0 radical (unpaired) electrons. The number of rotatable bonds is 9. The molecule has 1 rings (SSSR count). The van der Waals surface area contributed by atoms with Gasteiger partial charge < -0.3 is 10.1 Å². The first-order valence-electron chi connectivity index (χ1n) is 6.78.